The second-order valence-corrected chi connectivity index (χ2v) is 16.4. The Bertz CT molecular complexity index is 1110. The number of allylic oxidation sites excluding steroid dienone is 9. The maximum atomic E-state index is 12.4. The summed E-state index contributed by atoms with van der Waals surface area (Å²) in [5.41, 5.74) is 0. The zero-order valence-electron chi connectivity index (χ0n) is 34.8. The summed E-state index contributed by atoms with van der Waals surface area (Å²) in [6.07, 6.45) is 43.8. The molecule has 3 atom stereocenters. The highest BCUT2D eigenvalue weighted by atomic mass is 31.2. The van der Waals surface area contributed by atoms with Crippen LogP contribution in [0.15, 0.2) is 73.1 Å². The highest BCUT2D eigenvalue weighted by Gasteiger charge is 2.25. The molecule has 0 spiro atoms. The lowest BCUT2D eigenvalue weighted by Gasteiger charge is -2.24. The van der Waals surface area contributed by atoms with E-state index >= 15 is 0 Å². The lowest BCUT2D eigenvalue weighted by molar-refractivity contribution is -0.870. The SMILES string of the molecule is CC/C=C\C(O)C/C=C/C=C\C/C=C\C/C=C\CCCC(=O)OC[C@H](COP(=O)(O)OCC[N+](C)(C)C)O/C=C/CCCCCCCCCCCCCC. The molecule has 0 fully saturated rings. The molecule has 312 valence electrons. The Morgan fingerprint density at radius 1 is 0.704 bits per heavy atom. The van der Waals surface area contributed by atoms with Crippen LogP contribution in [0.3, 0.4) is 0 Å². The van der Waals surface area contributed by atoms with Gasteiger partial charge in [-0.05, 0) is 57.4 Å². The predicted octanol–water partition coefficient (Wildman–Crippen LogP) is 11.3. The average molecular weight is 781 g/mol. The number of phosphoric ester groups is 1. The lowest BCUT2D eigenvalue weighted by Crippen LogP contribution is -2.37. The number of ether oxygens (including phenoxy) is 2. The maximum absolute atomic E-state index is 12.4. The average Bonchev–Trinajstić information content (AvgIpc) is 3.12. The van der Waals surface area contributed by atoms with Crippen molar-refractivity contribution in [3.63, 3.8) is 0 Å². The Hall–Kier alpha value is -2.26. The van der Waals surface area contributed by atoms with Crippen LogP contribution in [-0.4, -0.2) is 80.2 Å². The molecule has 9 nitrogen and oxygen atoms in total. The molecule has 0 rings (SSSR count). The van der Waals surface area contributed by atoms with Crippen LogP contribution in [0, 0.1) is 0 Å². The minimum atomic E-state index is -4.29. The Morgan fingerprint density at radius 2 is 1.30 bits per heavy atom. The quantitative estimate of drug-likeness (QED) is 0.0122. The van der Waals surface area contributed by atoms with E-state index in [4.69, 9.17) is 18.5 Å². The number of hydrogen-bond donors (Lipinski definition) is 2. The molecular weight excluding hydrogens is 701 g/mol. The number of aliphatic hydroxyl groups is 1. The molecule has 0 aromatic rings. The van der Waals surface area contributed by atoms with Crippen LogP contribution in [0.25, 0.3) is 0 Å². The van der Waals surface area contributed by atoms with Gasteiger partial charge in [0.2, 0.25) is 0 Å². The van der Waals surface area contributed by atoms with E-state index in [1.165, 1.54) is 70.6 Å². The third kappa shape index (κ3) is 39.4. The number of carbonyl (C=O) groups excluding carboxylic acids is 1. The fourth-order valence-electron chi connectivity index (χ4n) is 5.12. The van der Waals surface area contributed by atoms with E-state index in [1.807, 2.05) is 64.5 Å². The Morgan fingerprint density at radius 3 is 1.94 bits per heavy atom. The summed E-state index contributed by atoms with van der Waals surface area (Å²) in [7, 11) is 1.61. The number of rotatable bonds is 37. The number of nitrogens with zero attached hydrogens (tertiary/aromatic N) is 1. The minimum Gasteiger partial charge on any atom is -0.492 e. The van der Waals surface area contributed by atoms with Gasteiger partial charge in [-0.2, -0.15) is 0 Å². The minimum absolute atomic E-state index is 0.0709. The molecule has 0 saturated carbocycles. The first kappa shape index (κ1) is 51.7. The molecular formula is C44H79NO8P+. The summed E-state index contributed by atoms with van der Waals surface area (Å²) >= 11 is 0. The molecule has 0 amide bonds. The third-order valence-electron chi connectivity index (χ3n) is 8.45. The van der Waals surface area contributed by atoms with Gasteiger partial charge in [-0.15, -0.1) is 0 Å². The summed E-state index contributed by atoms with van der Waals surface area (Å²) in [5, 5.41) is 9.76. The van der Waals surface area contributed by atoms with Crippen LogP contribution < -0.4 is 0 Å². The number of likely N-dealkylation sites (N-methyl/N-ethyl adjacent to an activating group) is 1. The summed E-state index contributed by atoms with van der Waals surface area (Å²) < 4.78 is 34.6. The summed E-state index contributed by atoms with van der Waals surface area (Å²) in [6.45, 7) is 4.57. The number of hydrogen-bond acceptors (Lipinski definition) is 7. The van der Waals surface area contributed by atoms with Gasteiger partial charge in [0.05, 0.1) is 40.1 Å². The van der Waals surface area contributed by atoms with Crippen molar-refractivity contribution in [3.8, 4) is 0 Å². The predicted molar refractivity (Wildman–Crippen MR) is 225 cm³/mol. The molecule has 54 heavy (non-hydrogen) atoms. The first-order valence-electron chi connectivity index (χ1n) is 20.8. The topological polar surface area (TPSA) is 112 Å². The number of phosphoric acid groups is 1. The molecule has 0 aromatic carbocycles. The van der Waals surface area contributed by atoms with Crippen molar-refractivity contribution in [2.45, 2.75) is 154 Å². The fraction of sp³-hybridized carbons (Fsp3) is 0.705. The van der Waals surface area contributed by atoms with Crippen LogP contribution in [0.4, 0.5) is 0 Å². The van der Waals surface area contributed by atoms with Crippen LogP contribution in [0.1, 0.15) is 142 Å². The van der Waals surface area contributed by atoms with Crippen molar-refractivity contribution in [2.75, 3.05) is 47.5 Å². The van der Waals surface area contributed by atoms with E-state index in [1.54, 1.807) is 6.26 Å². The smallest absolute Gasteiger partial charge is 0.472 e. The van der Waals surface area contributed by atoms with Crippen molar-refractivity contribution >= 4 is 13.8 Å². The van der Waals surface area contributed by atoms with Gasteiger partial charge in [0.25, 0.3) is 0 Å². The number of quaternary nitrogens is 1. The van der Waals surface area contributed by atoms with Gasteiger partial charge >= 0.3 is 13.8 Å². The van der Waals surface area contributed by atoms with Crippen molar-refractivity contribution in [1.82, 2.24) is 0 Å². The fourth-order valence-corrected chi connectivity index (χ4v) is 5.86. The van der Waals surface area contributed by atoms with E-state index in [2.05, 4.69) is 37.3 Å². The second kappa shape index (κ2) is 36.4. The van der Waals surface area contributed by atoms with Gasteiger partial charge < -0.3 is 24.0 Å². The van der Waals surface area contributed by atoms with Gasteiger partial charge in [0.15, 0.2) is 6.10 Å². The van der Waals surface area contributed by atoms with Crippen molar-refractivity contribution in [3.05, 3.63) is 73.1 Å². The largest absolute Gasteiger partial charge is 0.492 e. The number of esters is 1. The van der Waals surface area contributed by atoms with Gasteiger partial charge in [-0.1, -0.05) is 145 Å². The summed E-state index contributed by atoms with van der Waals surface area (Å²) in [6, 6.07) is 0. The molecule has 10 heteroatoms. The van der Waals surface area contributed by atoms with Crippen LogP contribution in [0.2, 0.25) is 0 Å². The van der Waals surface area contributed by atoms with Gasteiger partial charge in [0, 0.05) is 6.42 Å². The first-order chi connectivity index (χ1) is 26.0. The standard InChI is InChI=1S/C44H78NO8P/c1-6-8-10-11-12-13-14-15-18-21-24-27-30-33-38-50-43(41-53-54(48,49)52-39-37-45(3,4)5)40-51-44(47)36-32-29-26-23-20-17-16-19-22-25-28-31-35-42(46)34-9-7-2/h9,16-17,22-23,25-26,28,31,33-34,38,42-43,46H,6-8,10-15,18-21,24,27,29-30,32,35-37,39-41H2,1-5H3/p+1/b17-16-,25-22-,26-23-,31-28+,34-9-,38-33+/t42?,43-/m1/s1. The second-order valence-electron chi connectivity index (χ2n) is 14.9. The van der Waals surface area contributed by atoms with Gasteiger partial charge in [-0.25, -0.2) is 4.57 Å². The first-order valence-corrected chi connectivity index (χ1v) is 22.3. The van der Waals surface area contributed by atoms with Gasteiger partial charge in [0.1, 0.15) is 19.8 Å². The highest BCUT2D eigenvalue weighted by molar-refractivity contribution is 7.47. The van der Waals surface area contributed by atoms with E-state index in [0.717, 1.165) is 38.5 Å². The Labute approximate surface area is 330 Å². The van der Waals surface area contributed by atoms with Crippen LogP contribution in [0.5, 0.6) is 0 Å². The molecule has 0 radical (unpaired) electrons. The van der Waals surface area contributed by atoms with E-state index in [-0.39, 0.29) is 32.2 Å². The molecule has 0 aliphatic rings. The molecule has 2 N–H and O–H groups in total. The highest BCUT2D eigenvalue weighted by Crippen LogP contribution is 2.43. The van der Waals surface area contributed by atoms with Gasteiger partial charge in [-0.3, -0.25) is 13.8 Å². The van der Waals surface area contributed by atoms with E-state index in [0.29, 0.717) is 23.9 Å². The monoisotopic (exact) mass is 781 g/mol. The molecule has 0 saturated heterocycles. The number of unbranched alkanes of at least 4 members (excludes halogenated alkanes) is 13. The third-order valence-corrected chi connectivity index (χ3v) is 9.43. The summed E-state index contributed by atoms with van der Waals surface area (Å²) in [4.78, 5) is 22.6. The zero-order chi connectivity index (χ0) is 40.0. The van der Waals surface area contributed by atoms with Crippen molar-refractivity contribution in [2.24, 2.45) is 0 Å². The van der Waals surface area contributed by atoms with Crippen LogP contribution >= 0.6 is 7.82 Å². The van der Waals surface area contributed by atoms with E-state index < -0.39 is 20.0 Å². The molecule has 0 aliphatic carbocycles. The number of carbonyl (C=O) groups is 1. The van der Waals surface area contributed by atoms with Crippen LogP contribution in [-0.2, 0) is 27.9 Å². The summed E-state index contributed by atoms with van der Waals surface area (Å²) in [5.74, 6) is -0.350. The van der Waals surface area contributed by atoms with E-state index in [9.17, 15) is 19.4 Å². The van der Waals surface area contributed by atoms with Crippen molar-refractivity contribution in [1.29, 1.82) is 0 Å². The Kier molecular flexibility index (Phi) is 34.9. The van der Waals surface area contributed by atoms with Crippen molar-refractivity contribution < 1.29 is 42.4 Å². The Balaban J connectivity index is 4.45. The molecule has 0 aliphatic heterocycles. The molecule has 0 aromatic heterocycles. The normalized spacial score (nSPS) is 15.1. The maximum Gasteiger partial charge on any atom is 0.472 e. The number of aliphatic hydroxyl groups excluding tert-OH is 1. The molecule has 2 unspecified atom stereocenters. The zero-order valence-corrected chi connectivity index (χ0v) is 35.7. The molecule has 0 bridgehead atoms. The lowest BCUT2D eigenvalue weighted by atomic mass is 10.0. The molecule has 0 heterocycles.